The molecule has 2 aliphatic heterocycles. The predicted molar refractivity (Wildman–Crippen MR) is 160 cm³/mol. The van der Waals surface area contributed by atoms with Gasteiger partial charge in [0.05, 0.1) is 0 Å². The van der Waals surface area contributed by atoms with Crippen LogP contribution in [0, 0.1) is 0 Å². The molecule has 0 saturated carbocycles. The fourth-order valence-corrected chi connectivity index (χ4v) is 14.8. The molecule has 200 valence electrons. The number of benzene rings is 3. The molecule has 3 aromatic carbocycles. The Morgan fingerprint density at radius 2 is 1.29 bits per heavy atom. The van der Waals surface area contributed by atoms with E-state index < -0.39 is 10.9 Å². The molecule has 0 bridgehead atoms. The summed E-state index contributed by atoms with van der Waals surface area (Å²) in [5.41, 5.74) is -0.804. The van der Waals surface area contributed by atoms with Crippen LogP contribution in [0.1, 0.15) is 33.6 Å². The normalized spacial score (nSPS) is 21.3. The van der Waals surface area contributed by atoms with Gasteiger partial charge in [0.2, 0.25) is 0 Å². The molecule has 0 spiro atoms. The molecule has 0 aliphatic carbocycles. The summed E-state index contributed by atoms with van der Waals surface area (Å²) in [7, 11) is 0. The minimum absolute atomic E-state index is 0.0105. The summed E-state index contributed by atoms with van der Waals surface area (Å²) >= 11 is 4.49. The van der Waals surface area contributed by atoms with Crippen LogP contribution in [0.2, 0.25) is 0 Å². The number of nitrogens with zero attached hydrogens (tertiary/aromatic N) is 2. The molecule has 2 atom stereocenters. The average Bonchev–Trinajstić information content (AvgIpc) is 3.56. The molecule has 2 heterocycles. The first kappa shape index (κ1) is 26.9. The van der Waals surface area contributed by atoms with E-state index in [4.69, 9.17) is 4.74 Å². The number of halogens is 1. The number of ether oxygens (including phenoxy) is 1. The molecule has 7 heteroatoms. The number of amides is 2. The molecule has 0 N–H and O–H groups in total. The molecule has 1 unspecified atom stereocenters. The van der Waals surface area contributed by atoms with Crippen LogP contribution < -0.4 is 15.9 Å². The first-order chi connectivity index (χ1) is 18.1. The van der Waals surface area contributed by atoms with Crippen molar-refractivity contribution in [1.82, 2.24) is 9.80 Å². The van der Waals surface area contributed by atoms with Gasteiger partial charge in [0.25, 0.3) is 0 Å². The molecule has 5 rings (SSSR count). The van der Waals surface area contributed by atoms with Gasteiger partial charge in [-0.3, -0.25) is 0 Å². The first-order valence-electron chi connectivity index (χ1n) is 13.3. The van der Waals surface area contributed by atoms with Crippen LogP contribution in [0.5, 0.6) is 0 Å². The SMILES string of the molecule is CC(C)(C)OC(=O)N1CC[C@@H](N2CCC(P(Br)(c3ccccc3)(c3ccccc3)c3ccccc3)C2=O)C1. The van der Waals surface area contributed by atoms with E-state index in [0.717, 1.165) is 28.8 Å². The van der Waals surface area contributed by atoms with Crippen molar-refractivity contribution in [2.24, 2.45) is 0 Å². The van der Waals surface area contributed by atoms with Crippen molar-refractivity contribution in [3.63, 3.8) is 0 Å². The Labute approximate surface area is 233 Å². The third-order valence-corrected chi connectivity index (χ3v) is 18.6. The van der Waals surface area contributed by atoms with Gasteiger partial charge < -0.3 is 0 Å². The summed E-state index contributed by atoms with van der Waals surface area (Å²) in [5.74, 6) is 0.159. The van der Waals surface area contributed by atoms with Gasteiger partial charge in [-0.2, -0.15) is 0 Å². The molecule has 5 nitrogen and oxygen atoms in total. The molecule has 0 radical (unpaired) electrons. The number of carbonyl (C=O) groups excluding carboxylic acids is 2. The molecule has 2 aliphatic rings. The summed E-state index contributed by atoms with van der Waals surface area (Å²) in [6, 6.07) is 31.5. The fraction of sp³-hybridized carbons (Fsp3) is 0.355. The van der Waals surface area contributed by atoms with Crippen molar-refractivity contribution >= 4 is 48.7 Å². The van der Waals surface area contributed by atoms with E-state index in [2.05, 4.69) is 88.3 Å². The number of hydrogen-bond acceptors (Lipinski definition) is 3. The second kappa shape index (κ2) is 10.1. The van der Waals surface area contributed by atoms with Crippen LogP contribution >= 0.6 is 20.8 Å². The van der Waals surface area contributed by atoms with Crippen LogP contribution in [-0.4, -0.2) is 58.7 Å². The maximum atomic E-state index is 14.6. The molecule has 3 aromatic rings. The Balaban J connectivity index is 1.56. The third-order valence-electron chi connectivity index (χ3n) is 7.84. The van der Waals surface area contributed by atoms with Gasteiger partial charge in [-0.05, 0) is 0 Å². The quantitative estimate of drug-likeness (QED) is 0.370. The zero-order valence-corrected chi connectivity index (χ0v) is 24.8. The van der Waals surface area contributed by atoms with Crippen LogP contribution in [0.15, 0.2) is 91.0 Å². The molecule has 2 fully saturated rings. The van der Waals surface area contributed by atoms with Gasteiger partial charge in [-0.15, -0.1) is 0 Å². The summed E-state index contributed by atoms with van der Waals surface area (Å²) in [4.78, 5) is 31.1. The zero-order valence-electron chi connectivity index (χ0n) is 22.3. The summed E-state index contributed by atoms with van der Waals surface area (Å²) in [6.45, 7) is 7.41. The maximum absolute atomic E-state index is 14.6. The van der Waals surface area contributed by atoms with E-state index in [9.17, 15) is 9.59 Å². The van der Waals surface area contributed by atoms with Crippen molar-refractivity contribution in [2.75, 3.05) is 19.6 Å². The fourth-order valence-electron chi connectivity index (χ4n) is 6.13. The average molecular weight is 596 g/mol. The third kappa shape index (κ3) is 4.46. The monoisotopic (exact) mass is 594 g/mol. The van der Waals surface area contributed by atoms with Gasteiger partial charge in [-0.25, -0.2) is 0 Å². The van der Waals surface area contributed by atoms with E-state index >= 15 is 0 Å². The van der Waals surface area contributed by atoms with Crippen molar-refractivity contribution in [3.05, 3.63) is 91.0 Å². The van der Waals surface area contributed by atoms with E-state index in [0.29, 0.717) is 19.6 Å². The second-order valence-electron chi connectivity index (χ2n) is 11.3. The zero-order chi connectivity index (χ0) is 27.0. The predicted octanol–water partition coefficient (Wildman–Crippen LogP) is 5.44. The molecule has 38 heavy (non-hydrogen) atoms. The van der Waals surface area contributed by atoms with Crippen LogP contribution in [0.4, 0.5) is 4.79 Å². The van der Waals surface area contributed by atoms with Crippen LogP contribution in [0.3, 0.4) is 0 Å². The van der Waals surface area contributed by atoms with Gasteiger partial charge in [0, 0.05) is 0 Å². The topological polar surface area (TPSA) is 49.9 Å². The number of likely N-dealkylation sites (tertiary alicyclic amines) is 2. The standard InChI is InChI=1S/C31H36BrN2O3P/c1-31(2,3)37-30(36)33-21-19-24(23-33)34-22-20-28(29(34)35)38(32,25-13-7-4-8-14-25,26-15-9-5-10-16-26)27-17-11-6-12-18-27/h4-18,24,28H,19-23H2,1-3H3/t24-,28?/m1/s1. The molecule has 2 saturated heterocycles. The first-order valence-corrected chi connectivity index (χ1v) is 17.6. The summed E-state index contributed by atoms with van der Waals surface area (Å²) in [6.07, 6.45) is 1.20. The Bertz CT molecular complexity index is 1200. The number of rotatable bonds is 5. The molecular formula is C31H36BrN2O3P. The van der Waals surface area contributed by atoms with Crippen molar-refractivity contribution in [1.29, 1.82) is 0 Å². The Morgan fingerprint density at radius 1 is 0.816 bits per heavy atom. The Hall–Kier alpha value is -2.69. The second-order valence-corrected chi connectivity index (χ2v) is 20.0. The van der Waals surface area contributed by atoms with E-state index in [-0.39, 0.29) is 23.7 Å². The van der Waals surface area contributed by atoms with Crippen LogP contribution in [-0.2, 0) is 9.53 Å². The van der Waals surface area contributed by atoms with E-state index in [1.54, 1.807) is 4.90 Å². The summed E-state index contributed by atoms with van der Waals surface area (Å²) in [5, 5.41) is 0.0233. The molecular weight excluding hydrogens is 559 g/mol. The van der Waals surface area contributed by atoms with E-state index in [1.807, 2.05) is 43.9 Å². The van der Waals surface area contributed by atoms with Gasteiger partial charge in [-0.1, -0.05) is 0 Å². The van der Waals surface area contributed by atoms with Gasteiger partial charge >= 0.3 is 234 Å². The number of hydrogen-bond donors (Lipinski definition) is 0. The van der Waals surface area contributed by atoms with Gasteiger partial charge in [0.15, 0.2) is 0 Å². The van der Waals surface area contributed by atoms with E-state index in [1.165, 1.54) is 0 Å². The molecule has 0 aromatic heterocycles. The minimum atomic E-state index is -3.43. The van der Waals surface area contributed by atoms with Crippen molar-refractivity contribution in [3.8, 4) is 0 Å². The molecule has 2 amide bonds. The Kier molecular flexibility index (Phi) is 7.17. The number of carbonyl (C=O) groups is 2. The van der Waals surface area contributed by atoms with Crippen molar-refractivity contribution < 1.29 is 14.3 Å². The van der Waals surface area contributed by atoms with Gasteiger partial charge in [0.1, 0.15) is 0 Å². The van der Waals surface area contributed by atoms with Crippen LogP contribution in [0.25, 0.3) is 0 Å². The summed E-state index contributed by atoms with van der Waals surface area (Å²) < 4.78 is 5.61. The Morgan fingerprint density at radius 3 is 1.74 bits per heavy atom. The van der Waals surface area contributed by atoms with Crippen molar-refractivity contribution in [2.45, 2.75) is 50.9 Å².